The van der Waals surface area contributed by atoms with Crippen molar-refractivity contribution >= 4 is 91.0 Å². The molecular formula is C14H19CsO7S. The molecule has 1 aromatic rings. The molecule has 7 nitrogen and oxygen atoms in total. The van der Waals surface area contributed by atoms with E-state index in [9.17, 15) is 22.6 Å². The Labute approximate surface area is 194 Å². The van der Waals surface area contributed by atoms with Gasteiger partial charge in [-0.05, 0) is 38.0 Å². The molecule has 0 saturated heterocycles. The predicted octanol–water partition coefficient (Wildman–Crippen LogP) is 1.57. The Kier molecular flexibility index (Phi) is 8.52. The third-order valence-corrected chi connectivity index (χ3v) is 4.37. The number of rotatable bonds is 5. The van der Waals surface area contributed by atoms with E-state index in [1.165, 1.54) is 0 Å². The monoisotopic (exact) mass is 464 g/mol. The topological polar surface area (TPSA) is 118 Å². The number of carbonyl (C=O) groups is 2. The van der Waals surface area contributed by atoms with Gasteiger partial charge in [0, 0.05) is 0 Å². The molecule has 0 aliphatic heterocycles. The molecule has 1 aromatic carbocycles. The Morgan fingerprint density at radius 3 is 2.13 bits per heavy atom. The summed E-state index contributed by atoms with van der Waals surface area (Å²) in [6.45, 7) is 6.97. The number of carbonyl (C=O) groups excluding carboxylic acids is 1. The van der Waals surface area contributed by atoms with Crippen LogP contribution in [-0.2, 0) is 14.9 Å². The summed E-state index contributed by atoms with van der Waals surface area (Å²) in [5, 5.41) is 8.87. The van der Waals surface area contributed by atoms with Crippen LogP contribution in [0.3, 0.4) is 0 Å². The molecular weight excluding hydrogens is 445 g/mol. The summed E-state index contributed by atoms with van der Waals surface area (Å²) in [5.41, 5.74) is -1.65. The first-order chi connectivity index (χ1) is 9.86. The average Bonchev–Trinajstić information content (AvgIpc) is 2.36. The van der Waals surface area contributed by atoms with Gasteiger partial charge in [0.1, 0.15) is 10.5 Å². The molecule has 0 saturated carbocycles. The molecule has 124 valence electrons. The van der Waals surface area contributed by atoms with E-state index in [4.69, 9.17) is 9.84 Å². The van der Waals surface area contributed by atoms with Crippen molar-refractivity contribution in [3.05, 3.63) is 29.3 Å². The molecule has 0 heterocycles. The third-order valence-electron chi connectivity index (χ3n) is 3.47. The second-order valence-electron chi connectivity index (χ2n) is 5.64. The van der Waals surface area contributed by atoms with Crippen LogP contribution >= 0.6 is 0 Å². The quantitative estimate of drug-likeness (QED) is 0.502. The fourth-order valence-electron chi connectivity index (χ4n) is 1.45. The van der Waals surface area contributed by atoms with E-state index in [2.05, 4.69) is 0 Å². The van der Waals surface area contributed by atoms with E-state index in [1.807, 2.05) is 13.8 Å². The number of carboxylic acids is 1. The summed E-state index contributed by atoms with van der Waals surface area (Å²) in [7, 11) is -4.77. The van der Waals surface area contributed by atoms with E-state index in [1.54, 1.807) is 13.8 Å². The van der Waals surface area contributed by atoms with Crippen LogP contribution in [0.4, 0.5) is 0 Å². The van der Waals surface area contributed by atoms with E-state index < -0.39 is 38.1 Å². The number of carboxylic acid groups (broad SMARTS) is 1. The van der Waals surface area contributed by atoms with Gasteiger partial charge in [-0.3, -0.25) is 4.55 Å². The van der Waals surface area contributed by atoms with Gasteiger partial charge in [0.2, 0.25) is 0 Å². The van der Waals surface area contributed by atoms with E-state index in [0.717, 1.165) is 18.2 Å². The molecule has 0 aliphatic rings. The predicted molar refractivity (Wildman–Crippen MR) is 84.7 cm³/mol. The van der Waals surface area contributed by atoms with E-state index in [0.29, 0.717) is 0 Å². The maximum atomic E-state index is 12.2. The maximum absolute atomic E-state index is 12.2. The molecule has 9 heteroatoms. The first-order valence-electron chi connectivity index (χ1n) is 6.44. The number of hydrogen-bond acceptors (Lipinski definition) is 5. The van der Waals surface area contributed by atoms with Crippen molar-refractivity contribution in [2.45, 2.75) is 38.2 Å². The molecule has 0 bridgehead atoms. The van der Waals surface area contributed by atoms with Crippen LogP contribution in [0, 0.1) is 5.92 Å². The fraction of sp³-hybridized carbons (Fsp3) is 0.429. The zero-order valence-corrected chi connectivity index (χ0v) is 13.5. The van der Waals surface area contributed by atoms with Gasteiger partial charge >= 0.3 is 80.8 Å². The van der Waals surface area contributed by atoms with Crippen LogP contribution in [0.25, 0.3) is 0 Å². The van der Waals surface area contributed by atoms with Gasteiger partial charge in [-0.1, -0.05) is 13.8 Å². The molecule has 0 fully saturated rings. The van der Waals surface area contributed by atoms with Crippen molar-refractivity contribution in [3.8, 4) is 0 Å². The molecule has 23 heavy (non-hydrogen) atoms. The minimum absolute atomic E-state index is 0. The Morgan fingerprint density at radius 1 is 1.22 bits per heavy atom. The van der Waals surface area contributed by atoms with Gasteiger partial charge in [0.15, 0.2) is 0 Å². The second kappa shape index (κ2) is 8.48. The van der Waals surface area contributed by atoms with Crippen LogP contribution in [0.1, 0.15) is 48.4 Å². The van der Waals surface area contributed by atoms with Crippen LogP contribution in [0.5, 0.6) is 0 Å². The molecule has 0 unspecified atom stereocenters. The van der Waals surface area contributed by atoms with Crippen molar-refractivity contribution in [3.63, 3.8) is 0 Å². The summed E-state index contributed by atoms with van der Waals surface area (Å²) >= 11 is 0. The Bertz CT molecular complexity index is 708. The van der Waals surface area contributed by atoms with Gasteiger partial charge in [-0.2, -0.15) is 8.42 Å². The summed E-state index contributed by atoms with van der Waals surface area (Å²) in [5.74, 6) is -2.38. The zero-order chi connectivity index (χ0) is 17.3. The van der Waals surface area contributed by atoms with Crippen molar-refractivity contribution < 1.29 is 32.4 Å². The summed E-state index contributed by atoms with van der Waals surface area (Å²) < 4.78 is 37.2. The Morgan fingerprint density at radius 2 is 1.74 bits per heavy atom. The third kappa shape index (κ3) is 6.16. The number of hydrogen-bond donors (Lipinski definition) is 2. The molecule has 0 spiro atoms. The average molecular weight is 464 g/mol. The van der Waals surface area contributed by atoms with Gasteiger partial charge in [-0.25, -0.2) is 9.59 Å². The van der Waals surface area contributed by atoms with E-state index in [-0.39, 0.29) is 80.4 Å². The normalized spacial score (nSPS) is 11.7. The second-order valence-corrected chi connectivity index (χ2v) is 7.03. The van der Waals surface area contributed by atoms with Crippen LogP contribution in [0.2, 0.25) is 0 Å². The van der Waals surface area contributed by atoms with Gasteiger partial charge in [0.25, 0.3) is 10.1 Å². The Balaban J connectivity index is 0.00000484. The molecule has 2 N–H and O–H groups in total. The molecule has 0 radical (unpaired) electrons. The molecule has 0 aliphatic carbocycles. The first kappa shape index (κ1) is 23.1. The number of aromatic carboxylic acids is 1. The summed E-state index contributed by atoms with van der Waals surface area (Å²) in [6, 6.07) is 2.79. The minimum atomic E-state index is -4.77. The van der Waals surface area contributed by atoms with Crippen LogP contribution < -0.4 is 0 Å². The number of benzene rings is 1. The van der Waals surface area contributed by atoms with Crippen LogP contribution in [0.15, 0.2) is 23.1 Å². The Hall–Kier alpha value is 0.122. The SMILES string of the molecule is CC(C)C(C)(C)OC(=O)c1ccc(C(=O)O)cc1S(=O)(=O)O.[CsH]. The fourth-order valence-corrected chi connectivity index (χ4v) is 2.15. The van der Waals surface area contributed by atoms with Gasteiger partial charge in [0.05, 0.1) is 11.1 Å². The first-order valence-corrected chi connectivity index (χ1v) is 7.88. The number of ether oxygens (including phenoxy) is 1. The van der Waals surface area contributed by atoms with Gasteiger partial charge in [-0.15, -0.1) is 0 Å². The molecule has 1 rings (SSSR count). The summed E-state index contributed by atoms with van der Waals surface area (Å²) in [4.78, 5) is 22.3. The van der Waals surface area contributed by atoms with E-state index >= 15 is 0 Å². The molecule has 0 atom stereocenters. The van der Waals surface area contributed by atoms with Crippen molar-refractivity contribution in [1.29, 1.82) is 0 Å². The number of esters is 1. The standard InChI is InChI=1S/C14H18O7S.Cs.H/c1-8(2)14(3,4)21-13(17)10-6-5-9(12(15)16)7-11(10)22(18,19)20;;/h5-8H,1-4H3,(H,15,16)(H,18,19,20);;. The van der Waals surface area contributed by atoms with Crippen LogP contribution in [-0.4, -0.2) is 105 Å². The summed E-state index contributed by atoms with van der Waals surface area (Å²) in [6.07, 6.45) is 0. The molecule has 0 amide bonds. The van der Waals surface area contributed by atoms with Gasteiger partial charge < -0.3 is 9.84 Å². The van der Waals surface area contributed by atoms with Crippen molar-refractivity contribution in [2.75, 3.05) is 0 Å². The van der Waals surface area contributed by atoms with Crippen molar-refractivity contribution in [1.82, 2.24) is 0 Å². The van der Waals surface area contributed by atoms with Crippen molar-refractivity contribution in [2.24, 2.45) is 5.92 Å². The molecule has 0 aromatic heterocycles. The zero-order valence-electron chi connectivity index (χ0n) is 12.7.